The fourth-order valence-corrected chi connectivity index (χ4v) is 2.54. The highest BCUT2D eigenvalue weighted by Gasteiger charge is 2.16. The van der Waals surface area contributed by atoms with Gasteiger partial charge < -0.3 is 15.1 Å². The Labute approximate surface area is 149 Å². The lowest BCUT2D eigenvalue weighted by Crippen LogP contribution is -2.24. The summed E-state index contributed by atoms with van der Waals surface area (Å²) in [5, 5.41) is 8.84. The molecule has 3 aromatic rings. The molecule has 0 saturated heterocycles. The van der Waals surface area contributed by atoms with Crippen LogP contribution in [0, 0.1) is 5.82 Å². The van der Waals surface area contributed by atoms with Gasteiger partial charge >= 0.3 is 11.7 Å². The van der Waals surface area contributed by atoms with Crippen molar-refractivity contribution in [3.8, 4) is 0 Å². The Kier molecular flexibility index (Phi) is 5.17. The Hall–Kier alpha value is -3.35. The third kappa shape index (κ3) is 3.83. The first kappa shape index (κ1) is 17.5. The van der Waals surface area contributed by atoms with Crippen LogP contribution in [-0.2, 0) is 0 Å². The van der Waals surface area contributed by atoms with Crippen molar-refractivity contribution >= 4 is 34.1 Å². The second kappa shape index (κ2) is 7.69. The number of nitrogens with one attached hydrogen (secondary N) is 3. The Morgan fingerprint density at radius 1 is 1.08 bits per heavy atom. The number of carbonyl (C=O) groups is 1. The van der Waals surface area contributed by atoms with E-state index in [2.05, 4.69) is 16.0 Å². The fraction of sp³-hybridized carbons (Fsp3) is 0.158. The van der Waals surface area contributed by atoms with E-state index in [0.29, 0.717) is 23.2 Å². The van der Waals surface area contributed by atoms with Crippen LogP contribution in [-0.4, -0.2) is 12.6 Å². The highest BCUT2D eigenvalue weighted by atomic mass is 19.1. The number of halogens is 1. The van der Waals surface area contributed by atoms with Crippen LogP contribution in [0.25, 0.3) is 11.0 Å². The van der Waals surface area contributed by atoms with Crippen LogP contribution < -0.4 is 21.6 Å². The predicted octanol–water partition coefficient (Wildman–Crippen LogP) is 4.40. The van der Waals surface area contributed by atoms with Crippen LogP contribution in [0.3, 0.4) is 0 Å². The van der Waals surface area contributed by atoms with Crippen molar-refractivity contribution in [1.29, 1.82) is 0 Å². The van der Waals surface area contributed by atoms with Gasteiger partial charge in [-0.1, -0.05) is 25.1 Å². The molecule has 2 aromatic carbocycles. The van der Waals surface area contributed by atoms with Gasteiger partial charge in [0.05, 0.1) is 5.69 Å². The Morgan fingerprint density at radius 2 is 1.88 bits per heavy atom. The van der Waals surface area contributed by atoms with Crippen molar-refractivity contribution in [2.45, 2.75) is 13.3 Å². The second-order valence-electron chi connectivity index (χ2n) is 5.65. The molecule has 134 valence electrons. The molecule has 3 N–H and O–H groups in total. The number of fused-ring (bicyclic) bond motifs is 1. The quantitative estimate of drug-likeness (QED) is 0.593. The number of carbonyl (C=O) groups excluding carboxylic acids is 1. The summed E-state index contributed by atoms with van der Waals surface area (Å²) in [6, 6.07) is 11.9. The largest absolute Gasteiger partial charge is 0.421 e. The molecule has 0 bridgehead atoms. The molecule has 0 radical (unpaired) electrons. The number of amides is 2. The topological polar surface area (TPSA) is 83.4 Å². The third-order valence-corrected chi connectivity index (χ3v) is 3.69. The molecule has 26 heavy (non-hydrogen) atoms. The number of benzene rings is 2. The van der Waals surface area contributed by atoms with Gasteiger partial charge in [0.1, 0.15) is 11.4 Å². The van der Waals surface area contributed by atoms with Crippen molar-refractivity contribution < 1.29 is 13.6 Å². The van der Waals surface area contributed by atoms with Crippen LogP contribution in [0.1, 0.15) is 13.3 Å². The van der Waals surface area contributed by atoms with E-state index < -0.39 is 17.5 Å². The summed E-state index contributed by atoms with van der Waals surface area (Å²) in [5.74, 6) is -0.474. The summed E-state index contributed by atoms with van der Waals surface area (Å²) in [4.78, 5) is 24.6. The smallest absolute Gasteiger partial charge is 0.362 e. The van der Waals surface area contributed by atoms with Crippen LogP contribution in [0.5, 0.6) is 0 Å². The van der Waals surface area contributed by atoms with Gasteiger partial charge in [-0.05, 0) is 36.8 Å². The summed E-state index contributed by atoms with van der Waals surface area (Å²) in [6.07, 6.45) is 0.837. The molecule has 0 spiro atoms. The summed E-state index contributed by atoms with van der Waals surface area (Å²) < 4.78 is 18.5. The minimum absolute atomic E-state index is 0.00560. The van der Waals surface area contributed by atoms with E-state index in [1.54, 1.807) is 24.3 Å². The standard InChI is InChI=1S/C19H18FN3O3/c1-2-10-21-16-14-8-3-4-9-15(14)26-18(24)17(16)23-19(25)22-13-7-5-6-12(20)11-13/h3-9,11,21H,2,10H2,1H3,(H2,22,23,25). The molecule has 1 aromatic heterocycles. The normalized spacial score (nSPS) is 10.5. The minimum Gasteiger partial charge on any atom is -0.421 e. The predicted molar refractivity (Wildman–Crippen MR) is 100 cm³/mol. The lowest BCUT2D eigenvalue weighted by molar-refractivity contribution is 0.262. The zero-order valence-electron chi connectivity index (χ0n) is 14.1. The Bertz CT molecular complexity index is 1000. The summed E-state index contributed by atoms with van der Waals surface area (Å²) in [6.45, 7) is 2.61. The maximum atomic E-state index is 13.2. The first-order chi connectivity index (χ1) is 12.6. The van der Waals surface area contributed by atoms with Gasteiger partial charge in [0, 0.05) is 17.6 Å². The molecule has 0 aliphatic carbocycles. The Balaban J connectivity index is 1.94. The zero-order valence-corrected chi connectivity index (χ0v) is 14.1. The van der Waals surface area contributed by atoms with Gasteiger partial charge in [0.25, 0.3) is 0 Å². The summed E-state index contributed by atoms with van der Waals surface area (Å²) >= 11 is 0. The molecule has 6 nitrogen and oxygen atoms in total. The van der Waals surface area contributed by atoms with Crippen molar-refractivity contribution in [1.82, 2.24) is 0 Å². The molecule has 1 heterocycles. The summed E-state index contributed by atoms with van der Waals surface area (Å²) in [7, 11) is 0. The molecule has 0 fully saturated rings. The molecule has 3 rings (SSSR count). The molecular weight excluding hydrogens is 337 g/mol. The first-order valence-electron chi connectivity index (χ1n) is 8.21. The molecule has 0 aliphatic rings. The maximum absolute atomic E-state index is 13.2. The van der Waals surface area contributed by atoms with Crippen molar-refractivity contribution in [2.24, 2.45) is 0 Å². The molecular formula is C19H18FN3O3. The van der Waals surface area contributed by atoms with Gasteiger partial charge in [-0.25, -0.2) is 14.0 Å². The SMILES string of the molecule is CCCNc1c(NC(=O)Nc2cccc(F)c2)c(=O)oc2ccccc12. The van der Waals surface area contributed by atoms with E-state index in [4.69, 9.17) is 4.42 Å². The van der Waals surface area contributed by atoms with Crippen LogP contribution in [0.4, 0.5) is 26.2 Å². The lowest BCUT2D eigenvalue weighted by Gasteiger charge is -2.14. The monoisotopic (exact) mass is 355 g/mol. The number of para-hydroxylation sites is 1. The van der Waals surface area contributed by atoms with Crippen LogP contribution >= 0.6 is 0 Å². The first-order valence-corrected chi connectivity index (χ1v) is 8.21. The van der Waals surface area contributed by atoms with Gasteiger partial charge in [0.15, 0.2) is 5.69 Å². The van der Waals surface area contributed by atoms with Gasteiger partial charge in [-0.3, -0.25) is 5.32 Å². The molecule has 0 saturated carbocycles. The molecule has 0 atom stereocenters. The Morgan fingerprint density at radius 3 is 2.65 bits per heavy atom. The van der Waals surface area contributed by atoms with E-state index in [0.717, 1.165) is 6.42 Å². The number of urea groups is 1. The highest BCUT2D eigenvalue weighted by Crippen LogP contribution is 2.28. The molecule has 0 unspecified atom stereocenters. The minimum atomic E-state index is -0.670. The van der Waals surface area contributed by atoms with E-state index in [1.807, 2.05) is 13.0 Å². The number of anilines is 3. The van der Waals surface area contributed by atoms with Crippen molar-refractivity contribution in [3.05, 3.63) is 64.8 Å². The average molecular weight is 355 g/mol. The van der Waals surface area contributed by atoms with Gasteiger partial charge in [-0.2, -0.15) is 0 Å². The fourth-order valence-electron chi connectivity index (χ4n) is 2.54. The second-order valence-corrected chi connectivity index (χ2v) is 5.65. The highest BCUT2D eigenvalue weighted by molar-refractivity contribution is 6.05. The van der Waals surface area contributed by atoms with Gasteiger partial charge in [-0.15, -0.1) is 0 Å². The van der Waals surface area contributed by atoms with Crippen molar-refractivity contribution in [2.75, 3.05) is 22.5 Å². The number of hydrogen-bond acceptors (Lipinski definition) is 4. The molecule has 7 heteroatoms. The third-order valence-electron chi connectivity index (χ3n) is 3.69. The number of rotatable bonds is 5. The van der Waals surface area contributed by atoms with E-state index in [1.165, 1.54) is 18.2 Å². The molecule has 2 amide bonds. The lowest BCUT2D eigenvalue weighted by atomic mass is 10.2. The van der Waals surface area contributed by atoms with Crippen LogP contribution in [0.15, 0.2) is 57.7 Å². The van der Waals surface area contributed by atoms with Gasteiger partial charge in [0.2, 0.25) is 0 Å². The molecule has 0 aliphatic heterocycles. The van der Waals surface area contributed by atoms with E-state index in [-0.39, 0.29) is 11.4 Å². The summed E-state index contributed by atoms with van der Waals surface area (Å²) in [5.41, 5.74) is 0.527. The van der Waals surface area contributed by atoms with Crippen molar-refractivity contribution in [3.63, 3.8) is 0 Å². The maximum Gasteiger partial charge on any atom is 0.362 e. The average Bonchev–Trinajstić information content (AvgIpc) is 2.61. The number of hydrogen-bond donors (Lipinski definition) is 3. The van der Waals surface area contributed by atoms with Crippen LogP contribution in [0.2, 0.25) is 0 Å². The zero-order chi connectivity index (χ0) is 18.5. The van der Waals surface area contributed by atoms with E-state index in [9.17, 15) is 14.0 Å². The van der Waals surface area contributed by atoms with E-state index >= 15 is 0 Å².